The van der Waals surface area contributed by atoms with Crippen LogP contribution in [-0.4, -0.2) is 24.2 Å². The monoisotopic (exact) mass is 147 g/mol. The number of unbranched alkanes of at least 4 members (excludes halogenated alkanes) is 1. The van der Waals surface area contributed by atoms with E-state index in [1.807, 2.05) is 6.92 Å². The van der Waals surface area contributed by atoms with Gasteiger partial charge in [-0.1, -0.05) is 13.3 Å². The average molecular weight is 147 g/mol. The lowest BCUT2D eigenvalue weighted by Gasteiger charge is -2.00. The zero-order valence-corrected chi connectivity index (χ0v) is 6.09. The molecular formula is C6H13NO3. The van der Waals surface area contributed by atoms with E-state index in [-0.39, 0.29) is 6.54 Å². The fourth-order valence-electron chi connectivity index (χ4n) is 0.401. The van der Waals surface area contributed by atoms with E-state index < -0.39 is 5.97 Å². The standard InChI is InChI=1S/C6H13NO3/c1-2-3-4-10-7-5-6(8)9/h7H,2-5H2,1H3,(H,8,9). The second-order valence-electron chi connectivity index (χ2n) is 1.92. The van der Waals surface area contributed by atoms with Gasteiger partial charge in [0.1, 0.15) is 6.54 Å². The number of nitrogens with one attached hydrogen (secondary N) is 1. The summed E-state index contributed by atoms with van der Waals surface area (Å²) in [5.41, 5.74) is 2.32. The molecule has 0 bridgehead atoms. The van der Waals surface area contributed by atoms with E-state index >= 15 is 0 Å². The molecule has 0 saturated heterocycles. The number of hydrogen-bond acceptors (Lipinski definition) is 3. The van der Waals surface area contributed by atoms with Gasteiger partial charge in [-0.25, -0.2) is 0 Å². The van der Waals surface area contributed by atoms with Crippen LogP contribution >= 0.6 is 0 Å². The highest BCUT2D eigenvalue weighted by molar-refractivity contribution is 5.68. The molecule has 2 N–H and O–H groups in total. The summed E-state index contributed by atoms with van der Waals surface area (Å²) in [6.45, 7) is 2.48. The fourth-order valence-corrected chi connectivity index (χ4v) is 0.401. The Morgan fingerprint density at radius 3 is 2.90 bits per heavy atom. The van der Waals surface area contributed by atoms with Gasteiger partial charge in [0.05, 0.1) is 6.61 Å². The molecule has 0 unspecified atom stereocenters. The van der Waals surface area contributed by atoms with Gasteiger partial charge in [0.25, 0.3) is 0 Å². The summed E-state index contributed by atoms with van der Waals surface area (Å²) in [6, 6.07) is 0. The second kappa shape index (κ2) is 6.51. The van der Waals surface area contributed by atoms with Crippen LogP contribution in [0, 0.1) is 0 Å². The Hall–Kier alpha value is -0.610. The van der Waals surface area contributed by atoms with Crippen LogP contribution in [0.3, 0.4) is 0 Å². The Morgan fingerprint density at radius 2 is 2.40 bits per heavy atom. The largest absolute Gasteiger partial charge is 0.480 e. The first-order valence-corrected chi connectivity index (χ1v) is 3.33. The van der Waals surface area contributed by atoms with Crippen LogP contribution in [0.5, 0.6) is 0 Å². The van der Waals surface area contributed by atoms with Gasteiger partial charge in [0.2, 0.25) is 0 Å². The Labute approximate surface area is 60.1 Å². The molecule has 60 valence electrons. The summed E-state index contributed by atoms with van der Waals surface area (Å²) in [5, 5.41) is 8.13. The average Bonchev–Trinajstić information content (AvgIpc) is 1.87. The van der Waals surface area contributed by atoms with E-state index in [4.69, 9.17) is 9.94 Å². The maximum atomic E-state index is 9.89. The molecule has 0 rings (SSSR count). The first kappa shape index (κ1) is 9.39. The van der Waals surface area contributed by atoms with Crippen molar-refractivity contribution in [2.75, 3.05) is 13.2 Å². The fraction of sp³-hybridized carbons (Fsp3) is 0.833. The van der Waals surface area contributed by atoms with Crippen LogP contribution in [0.1, 0.15) is 19.8 Å². The topological polar surface area (TPSA) is 58.6 Å². The molecule has 0 aromatic carbocycles. The second-order valence-corrected chi connectivity index (χ2v) is 1.92. The van der Waals surface area contributed by atoms with Crippen LogP contribution in [0.25, 0.3) is 0 Å². The van der Waals surface area contributed by atoms with E-state index in [9.17, 15) is 4.79 Å². The van der Waals surface area contributed by atoms with Crippen molar-refractivity contribution in [1.82, 2.24) is 5.48 Å². The summed E-state index contributed by atoms with van der Waals surface area (Å²) in [7, 11) is 0. The molecule has 0 aromatic rings. The van der Waals surface area contributed by atoms with Gasteiger partial charge in [-0.2, -0.15) is 5.48 Å². The number of aliphatic carboxylic acids is 1. The van der Waals surface area contributed by atoms with Gasteiger partial charge in [0, 0.05) is 0 Å². The van der Waals surface area contributed by atoms with Crippen molar-refractivity contribution in [2.24, 2.45) is 0 Å². The molecule has 0 atom stereocenters. The normalized spacial score (nSPS) is 9.70. The van der Waals surface area contributed by atoms with Crippen molar-refractivity contribution in [3.8, 4) is 0 Å². The van der Waals surface area contributed by atoms with E-state index in [2.05, 4.69) is 5.48 Å². The molecule has 0 aromatic heterocycles. The van der Waals surface area contributed by atoms with Crippen molar-refractivity contribution in [2.45, 2.75) is 19.8 Å². The molecule has 0 radical (unpaired) electrons. The highest BCUT2D eigenvalue weighted by atomic mass is 16.6. The van der Waals surface area contributed by atoms with Gasteiger partial charge >= 0.3 is 5.97 Å². The van der Waals surface area contributed by atoms with E-state index in [0.29, 0.717) is 6.61 Å². The number of carboxylic acid groups (broad SMARTS) is 1. The third-order valence-electron chi connectivity index (χ3n) is 0.925. The highest BCUT2D eigenvalue weighted by Gasteiger charge is 1.92. The van der Waals surface area contributed by atoms with Crippen LogP contribution in [0.4, 0.5) is 0 Å². The first-order valence-electron chi connectivity index (χ1n) is 3.33. The molecule has 0 fully saturated rings. The molecule has 0 aliphatic heterocycles. The third-order valence-corrected chi connectivity index (χ3v) is 0.925. The SMILES string of the molecule is CCCCONCC(=O)O. The van der Waals surface area contributed by atoms with Gasteiger partial charge < -0.3 is 9.94 Å². The third kappa shape index (κ3) is 7.39. The minimum atomic E-state index is -0.906. The minimum Gasteiger partial charge on any atom is -0.480 e. The molecule has 10 heavy (non-hydrogen) atoms. The maximum Gasteiger partial charge on any atom is 0.319 e. The van der Waals surface area contributed by atoms with Crippen molar-refractivity contribution >= 4 is 5.97 Å². The predicted octanol–water partition coefficient (Wildman–Crippen LogP) is 0.392. The number of rotatable bonds is 6. The molecule has 4 heteroatoms. The van der Waals surface area contributed by atoms with E-state index in [1.165, 1.54) is 0 Å². The summed E-state index contributed by atoms with van der Waals surface area (Å²) in [4.78, 5) is 14.6. The summed E-state index contributed by atoms with van der Waals surface area (Å²) >= 11 is 0. The molecule has 0 aliphatic carbocycles. The number of hydroxylamine groups is 1. The van der Waals surface area contributed by atoms with Crippen LogP contribution in [0.15, 0.2) is 0 Å². The van der Waals surface area contributed by atoms with Gasteiger partial charge in [0.15, 0.2) is 0 Å². The highest BCUT2D eigenvalue weighted by Crippen LogP contribution is 1.84. The molecule has 0 saturated carbocycles. The Morgan fingerprint density at radius 1 is 1.70 bits per heavy atom. The van der Waals surface area contributed by atoms with Gasteiger partial charge in [-0.15, -0.1) is 0 Å². The van der Waals surface area contributed by atoms with Gasteiger partial charge in [-0.3, -0.25) is 4.79 Å². The Kier molecular flexibility index (Phi) is 6.11. The maximum absolute atomic E-state index is 9.89. The minimum absolute atomic E-state index is 0.135. The lowest BCUT2D eigenvalue weighted by molar-refractivity contribution is -0.138. The van der Waals surface area contributed by atoms with Crippen LogP contribution in [0.2, 0.25) is 0 Å². The zero-order chi connectivity index (χ0) is 7.82. The summed E-state index contributed by atoms with van der Waals surface area (Å²) in [5.74, 6) is -0.906. The lowest BCUT2D eigenvalue weighted by Crippen LogP contribution is -2.23. The zero-order valence-electron chi connectivity index (χ0n) is 6.09. The van der Waals surface area contributed by atoms with Crippen molar-refractivity contribution in [3.05, 3.63) is 0 Å². The molecular weight excluding hydrogens is 134 g/mol. The lowest BCUT2D eigenvalue weighted by atomic mass is 10.4. The van der Waals surface area contributed by atoms with Crippen molar-refractivity contribution in [1.29, 1.82) is 0 Å². The van der Waals surface area contributed by atoms with Crippen molar-refractivity contribution < 1.29 is 14.7 Å². The van der Waals surface area contributed by atoms with Crippen LogP contribution in [-0.2, 0) is 9.63 Å². The molecule has 0 heterocycles. The van der Waals surface area contributed by atoms with E-state index in [1.54, 1.807) is 0 Å². The number of carboxylic acids is 1. The Balaban J connectivity index is 2.84. The van der Waals surface area contributed by atoms with E-state index in [0.717, 1.165) is 12.8 Å². The van der Waals surface area contributed by atoms with Crippen molar-refractivity contribution in [3.63, 3.8) is 0 Å². The smallest absolute Gasteiger partial charge is 0.319 e. The summed E-state index contributed by atoms with van der Waals surface area (Å²) < 4.78 is 0. The van der Waals surface area contributed by atoms with Crippen LogP contribution < -0.4 is 5.48 Å². The molecule has 0 amide bonds. The Bertz CT molecular complexity index is 95.0. The number of carbonyl (C=O) groups is 1. The number of hydrogen-bond donors (Lipinski definition) is 2. The summed E-state index contributed by atoms with van der Waals surface area (Å²) in [6.07, 6.45) is 2.00. The molecule has 0 aliphatic rings. The first-order chi connectivity index (χ1) is 4.77. The predicted molar refractivity (Wildman–Crippen MR) is 36.5 cm³/mol. The quantitative estimate of drug-likeness (QED) is 0.421. The molecule has 0 spiro atoms. The molecule has 4 nitrogen and oxygen atoms in total. The van der Waals surface area contributed by atoms with Gasteiger partial charge in [-0.05, 0) is 6.42 Å².